The number of para-hydroxylation sites is 1. The summed E-state index contributed by atoms with van der Waals surface area (Å²) in [6, 6.07) is 3.92. The molecule has 9 N–H and O–H groups in total. The zero-order valence-corrected chi connectivity index (χ0v) is 20.4. The van der Waals surface area contributed by atoms with E-state index in [0.29, 0.717) is 6.42 Å². The fourth-order valence-corrected chi connectivity index (χ4v) is 3.75. The summed E-state index contributed by atoms with van der Waals surface area (Å²) >= 11 is 0. The number of carbonyl (C=O) groups is 5. The first-order chi connectivity index (χ1) is 17.1. The Hall–Kier alpha value is -3.93. The highest BCUT2D eigenvalue weighted by molar-refractivity contribution is 5.94. The second-order valence-electron chi connectivity index (χ2n) is 8.66. The van der Waals surface area contributed by atoms with Gasteiger partial charge < -0.3 is 37.5 Å². The van der Waals surface area contributed by atoms with E-state index in [2.05, 4.69) is 20.9 Å². The molecule has 0 bridgehead atoms. The molecule has 12 nitrogen and oxygen atoms in total. The number of carboxylic acids is 1. The molecule has 12 heteroatoms. The molecule has 1 aromatic heterocycles. The Labute approximate surface area is 208 Å². The minimum atomic E-state index is -1.25. The molecule has 36 heavy (non-hydrogen) atoms. The summed E-state index contributed by atoms with van der Waals surface area (Å²) in [4.78, 5) is 64.1. The van der Waals surface area contributed by atoms with Crippen LogP contribution in [0.2, 0.25) is 0 Å². The summed E-state index contributed by atoms with van der Waals surface area (Å²) in [5.41, 5.74) is 12.0. The molecule has 2 aromatic rings. The molecule has 1 aromatic carbocycles. The summed E-state index contributed by atoms with van der Waals surface area (Å²) in [7, 11) is 0. The zero-order valence-electron chi connectivity index (χ0n) is 20.4. The van der Waals surface area contributed by atoms with Crippen molar-refractivity contribution in [3.05, 3.63) is 36.0 Å². The van der Waals surface area contributed by atoms with Gasteiger partial charge in [0.15, 0.2) is 0 Å². The van der Waals surface area contributed by atoms with E-state index >= 15 is 0 Å². The number of aliphatic carboxylic acids is 1. The number of rotatable bonds is 14. The fraction of sp³-hybridized carbons (Fsp3) is 0.458. The number of carbonyl (C=O) groups excluding carboxylic acids is 4. The number of nitrogens with one attached hydrogen (secondary N) is 4. The van der Waals surface area contributed by atoms with Crippen molar-refractivity contribution in [1.82, 2.24) is 20.9 Å². The Bertz CT molecular complexity index is 1100. The Morgan fingerprint density at radius 3 is 2.33 bits per heavy atom. The molecule has 2 rings (SSSR count). The highest BCUT2D eigenvalue weighted by Crippen LogP contribution is 2.19. The predicted octanol–water partition coefficient (Wildman–Crippen LogP) is -0.480. The van der Waals surface area contributed by atoms with Crippen LogP contribution in [0.15, 0.2) is 30.5 Å². The van der Waals surface area contributed by atoms with Crippen LogP contribution in [0.25, 0.3) is 10.9 Å². The topological polar surface area (TPSA) is 209 Å². The first-order valence-corrected chi connectivity index (χ1v) is 11.7. The van der Waals surface area contributed by atoms with Gasteiger partial charge in [-0.2, -0.15) is 0 Å². The quantitative estimate of drug-likeness (QED) is 0.180. The SMILES string of the molecule is CCC(C)C(NC(=O)C(CCC(N)=O)NC(=O)CN)C(=O)NC(Cc1c[nH]c2ccccc12)C(=O)O. The van der Waals surface area contributed by atoms with Crippen LogP contribution >= 0.6 is 0 Å². The van der Waals surface area contributed by atoms with E-state index in [-0.39, 0.29) is 31.7 Å². The number of aromatic amines is 1. The molecule has 1 heterocycles. The second kappa shape index (κ2) is 13.2. The third kappa shape index (κ3) is 7.80. The van der Waals surface area contributed by atoms with Crippen molar-refractivity contribution in [3.8, 4) is 0 Å². The number of primary amides is 1. The van der Waals surface area contributed by atoms with Crippen molar-refractivity contribution in [2.75, 3.05) is 6.54 Å². The highest BCUT2D eigenvalue weighted by Gasteiger charge is 2.32. The Morgan fingerprint density at radius 2 is 1.72 bits per heavy atom. The van der Waals surface area contributed by atoms with Crippen LogP contribution in [0.4, 0.5) is 0 Å². The van der Waals surface area contributed by atoms with Crippen LogP contribution in [0, 0.1) is 5.92 Å². The van der Waals surface area contributed by atoms with Gasteiger partial charge in [-0.05, 0) is 24.0 Å². The lowest BCUT2D eigenvalue weighted by Gasteiger charge is -2.27. The maximum absolute atomic E-state index is 13.2. The average Bonchev–Trinajstić information content (AvgIpc) is 3.26. The summed E-state index contributed by atoms with van der Waals surface area (Å²) in [6.45, 7) is 3.18. The molecular weight excluding hydrogens is 468 g/mol. The first kappa shape index (κ1) is 28.3. The number of carboxylic acid groups (broad SMARTS) is 1. The van der Waals surface area contributed by atoms with Gasteiger partial charge in [0, 0.05) is 29.9 Å². The Kier molecular flexibility index (Phi) is 10.4. The van der Waals surface area contributed by atoms with Crippen molar-refractivity contribution in [3.63, 3.8) is 0 Å². The molecule has 196 valence electrons. The molecule has 0 aliphatic rings. The van der Waals surface area contributed by atoms with Gasteiger partial charge in [0.1, 0.15) is 18.1 Å². The van der Waals surface area contributed by atoms with Crippen molar-refractivity contribution in [1.29, 1.82) is 0 Å². The third-order valence-corrected chi connectivity index (χ3v) is 6.02. The van der Waals surface area contributed by atoms with Gasteiger partial charge in [-0.25, -0.2) is 4.79 Å². The monoisotopic (exact) mass is 502 g/mol. The first-order valence-electron chi connectivity index (χ1n) is 11.7. The average molecular weight is 503 g/mol. The van der Waals surface area contributed by atoms with E-state index in [4.69, 9.17) is 11.5 Å². The molecule has 0 saturated carbocycles. The molecule has 0 fully saturated rings. The standard InChI is InChI=1S/C24H34N6O6/c1-3-13(2)21(30-22(33)17(8-9-19(26)31)28-20(32)11-25)23(34)29-18(24(35)36)10-14-12-27-16-7-5-4-6-15(14)16/h4-7,12-13,17-18,21,27H,3,8-11,25H2,1-2H3,(H2,26,31)(H,28,32)(H,29,34)(H,30,33)(H,35,36). The van der Waals surface area contributed by atoms with Gasteiger partial charge in [-0.15, -0.1) is 0 Å². The van der Waals surface area contributed by atoms with Crippen molar-refractivity contribution >= 4 is 40.5 Å². The summed E-state index contributed by atoms with van der Waals surface area (Å²) in [6.07, 6.45) is 1.97. The number of nitrogens with two attached hydrogens (primary N) is 2. The minimum Gasteiger partial charge on any atom is -0.480 e. The number of benzene rings is 1. The lowest BCUT2D eigenvalue weighted by atomic mass is 9.96. The lowest BCUT2D eigenvalue weighted by Crippen LogP contribution is -2.58. The molecule has 0 aliphatic heterocycles. The van der Waals surface area contributed by atoms with E-state index in [9.17, 15) is 29.1 Å². The van der Waals surface area contributed by atoms with Gasteiger partial charge >= 0.3 is 5.97 Å². The van der Waals surface area contributed by atoms with Gasteiger partial charge in [0.25, 0.3) is 0 Å². The number of aromatic nitrogens is 1. The number of hydrogen-bond acceptors (Lipinski definition) is 6. The predicted molar refractivity (Wildman–Crippen MR) is 132 cm³/mol. The Morgan fingerprint density at radius 1 is 1.03 bits per heavy atom. The summed E-state index contributed by atoms with van der Waals surface area (Å²) in [5, 5.41) is 18.2. The van der Waals surface area contributed by atoms with Gasteiger partial charge in [0.2, 0.25) is 23.6 Å². The van der Waals surface area contributed by atoms with Gasteiger partial charge in [-0.1, -0.05) is 38.5 Å². The number of hydrogen-bond donors (Lipinski definition) is 7. The maximum Gasteiger partial charge on any atom is 0.326 e. The maximum atomic E-state index is 13.2. The molecular formula is C24H34N6O6. The van der Waals surface area contributed by atoms with Gasteiger partial charge in [-0.3, -0.25) is 19.2 Å². The fourth-order valence-electron chi connectivity index (χ4n) is 3.75. The number of H-pyrrole nitrogens is 1. The molecule has 0 aliphatic carbocycles. The smallest absolute Gasteiger partial charge is 0.326 e. The molecule has 4 atom stereocenters. The van der Waals surface area contributed by atoms with Crippen LogP contribution in [0.1, 0.15) is 38.7 Å². The van der Waals surface area contributed by atoms with E-state index in [1.165, 1.54) is 0 Å². The third-order valence-electron chi connectivity index (χ3n) is 6.02. The molecule has 4 unspecified atom stereocenters. The summed E-state index contributed by atoms with van der Waals surface area (Å²) < 4.78 is 0. The van der Waals surface area contributed by atoms with Crippen LogP contribution in [0.3, 0.4) is 0 Å². The summed E-state index contributed by atoms with van der Waals surface area (Å²) in [5.74, 6) is -4.25. The zero-order chi connectivity index (χ0) is 26.8. The van der Waals surface area contributed by atoms with Crippen molar-refractivity contribution in [2.24, 2.45) is 17.4 Å². The Balaban J connectivity index is 2.19. The van der Waals surface area contributed by atoms with Gasteiger partial charge in [0.05, 0.1) is 6.54 Å². The highest BCUT2D eigenvalue weighted by atomic mass is 16.4. The van der Waals surface area contributed by atoms with Crippen molar-refractivity contribution < 1.29 is 29.1 Å². The molecule has 0 radical (unpaired) electrons. The number of fused-ring (bicyclic) bond motifs is 1. The lowest BCUT2D eigenvalue weighted by molar-refractivity contribution is -0.142. The number of amides is 4. The van der Waals surface area contributed by atoms with Crippen LogP contribution in [-0.4, -0.2) is 64.4 Å². The van der Waals surface area contributed by atoms with E-state index < -0.39 is 47.7 Å². The minimum absolute atomic E-state index is 0.0278. The van der Waals surface area contributed by atoms with Crippen molar-refractivity contribution in [2.45, 2.75) is 57.7 Å². The largest absolute Gasteiger partial charge is 0.480 e. The van der Waals surface area contributed by atoms with E-state index in [1.807, 2.05) is 31.2 Å². The van der Waals surface area contributed by atoms with E-state index in [1.54, 1.807) is 13.1 Å². The second-order valence-corrected chi connectivity index (χ2v) is 8.66. The molecule has 4 amide bonds. The van der Waals surface area contributed by atoms with E-state index in [0.717, 1.165) is 16.5 Å². The molecule has 0 spiro atoms. The van der Waals surface area contributed by atoms with Crippen LogP contribution in [0.5, 0.6) is 0 Å². The molecule has 0 saturated heterocycles. The van der Waals surface area contributed by atoms with Crippen LogP contribution < -0.4 is 27.4 Å². The normalized spacial score (nSPS) is 14.3. The van der Waals surface area contributed by atoms with Crippen LogP contribution in [-0.2, 0) is 30.4 Å².